The van der Waals surface area contributed by atoms with E-state index in [1.807, 2.05) is 24.3 Å². The molecule has 2 nitrogen and oxygen atoms in total. The second-order valence-electron chi connectivity index (χ2n) is 7.88. The van der Waals surface area contributed by atoms with Crippen molar-refractivity contribution < 1.29 is 0 Å². The Morgan fingerprint density at radius 2 is 1.06 bits per heavy atom. The number of nitrogens with zero attached hydrogens (tertiary/aromatic N) is 2. The first kappa shape index (κ1) is 18.5. The fourth-order valence-corrected chi connectivity index (χ4v) is 4.29. The Bertz CT molecular complexity index is 1550. The number of aromatic nitrogens is 2. The minimum absolute atomic E-state index is 0.964. The molecule has 0 unspecified atom stereocenters. The maximum atomic E-state index is 5.11. The Balaban J connectivity index is 1.71. The summed E-state index contributed by atoms with van der Waals surface area (Å²) in [5.74, 6) is 0. The zero-order valence-corrected chi connectivity index (χ0v) is 17.4. The average Bonchev–Trinajstić information content (AvgIpc) is 2.88. The van der Waals surface area contributed by atoms with Crippen LogP contribution in [0.1, 0.15) is 0 Å². The molecule has 0 aliphatic rings. The third-order valence-corrected chi connectivity index (χ3v) is 5.85. The molecule has 0 spiro atoms. The lowest BCUT2D eigenvalue weighted by atomic mass is 9.93. The minimum Gasteiger partial charge on any atom is -0.248 e. The lowest BCUT2D eigenvalue weighted by Gasteiger charge is -2.15. The van der Waals surface area contributed by atoms with Crippen LogP contribution in [0.5, 0.6) is 0 Å². The summed E-state index contributed by atoms with van der Waals surface area (Å²) < 4.78 is 0. The first-order chi connectivity index (χ1) is 15.9. The zero-order valence-electron chi connectivity index (χ0n) is 17.4. The minimum atomic E-state index is 0.964. The highest BCUT2D eigenvalue weighted by molar-refractivity contribution is 6.02. The molecule has 0 amide bonds. The van der Waals surface area contributed by atoms with Crippen molar-refractivity contribution in [2.24, 2.45) is 0 Å². The van der Waals surface area contributed by atoms with Gasteiger partial charge in [-0.15, -0.1) is 0 Å². The average molecular weight is 409 g/mol. The van der Waals surface area contributed by atoms with Crippen LogP contribution in [0, 0.1) is 0 Å². The van der Waals surface area contributed by atoms with Crippen LogP contribution in [0.15, 0.2) is 121 Å². The topological polar surface area (TPSA) is 25.8 Å². The number of para-hydroxylation sites is 2. The predicted octanol–water partition coefficient (Wildman–Crippen LogP) is 7.78. The molecule has 0 saturated carbocycles. The Hall–Kier alpha value is -4.30. The molecule has 2 heterocycles. The predicted molar refractivity (Wildman–Crippen MR) is 133 cm³/mol. The van der Waals surface area contributed by atoms with Gasteiger partial charge in [0.05, 0.1) is 22.4 Å². The molecule has 0 radical (unpaired) electrons. The highest BCUT2D eigenvalue weighted by Crippen LogP contribution is 2.38. The van der Waals surface area contributed by atoms with Crippen molar-refractivity contribution in [1.82, 2.24) is 9.97 Å². The molecular weight excluding hydrogens is 388 g/mol. The van der Waals surface area contributed by atoms with Gasteiger partial charge in [0, 0.05) is 27.5 Å². The van der Waals surface area contributed by atoms with E-state index in [1.54, 1.807) is 0 Å². The highest BCUT2D eigenvalue weighted by atomic mass is 14.7. The van der Waals surface area contributed by atoms with Gasteiger partial charge in [-0.2, -0.15) is 0 Å². The van der Waals surface area contributed by atoms with Crippen LogP contribution < -0.4 is 0 Å². The number of hydrogen-bond acceptors (Lipinski definition) is 2. The monoisotopic (exact) mass is 408 g/mol. The standard InChI is InChI=1S/C30H20N2/c1-3-11-21(12-4-1)29-20-25(24-16-8-10-18-28(24)31-29)26-19-23-15-7-9-17-27(23)32-30(26)22-13-5-2-6-14-22/h1-20H. The molecule has 6 rings (SSSR count). The van der Waals surface area contributed by atoms with Gasteiger partial charge >= 0.3 is 0 Å². The Kier molecular flexibility index (Phi) is 4.47. The van der Waals surface area contributed by atoms with Crippen molar-refractivity contribution in [2.75, 3.05) is 0 Å². The molecule has 0 N–H and O–H groups in total. The first-order valence-electron chi connectivity index (χ1n) is 10.8. The summed E-state index contributed by atoms with van der Waals surface area (Å²) in [6.45, 7) is 0. The molecule has 0 aliphatic carbocycles. The van der Waals surface area contributed by atoms with E-state index in [0.717, 1.165) is 55.4 Å². The van der Waals surface area contributed by atoms with E-state index in [0.29, 0.717) is 0 Å². The number of pyridine rings is 2. The fraction of sp³-hybridized carbons (Fsp3) is 0. The Morgan fingerprint density at radius 1 is 0.438 bits per heavy atom. The molecular formula is C30H20N2. The lowest BCUT2D eigenvalue weighted by Crippen LogP contribution is -1.94. The molecule has 2 heteroatoms. The van der Waals surface area contributed by atoms with Crippen LogP contribution in [-0.4, -0.2) is 9.97 Å². The summed E-state index contributed by atoms with van der Waals surface area (Å²) in [5, 5.41) is 2.26. The normalized spacial score (nSPS) is 11.1. The van der Waals surface area contributed by atoms with Crippen LogP contribution in [0.2, 0.25) is 0 Å². The molecule has 2 aromatic heterocycles. The first-order valence-corrected chi connectivity index (χ1v) is 10.8. The molecule has 0 atom stereocenters. The highest BCUT2D eigenvalue weighted by Gasteiger charge is 2.16. The van der Waals surface area contributed by atoms with Crippen molar-refractivity contribution in [3.8, 4) is 33.6 Å². The van der Waals surface area contributed by atoms with Gasteiger partial charge in [0.1, 0.15) is 0 Å². The second kappa shape index (κ2) is 7.75. The van der Waals surface area contributed by atoms with Crippen molar-refractivity contribution in [3.05, 3.63) is 121 Å². The van der Waals surface area contributed by atoms with E-state index in [1.165, 1.54) is 0 Å². The molecule has 32 heavy (non-hydrogen) atoms. The maximum absolute atomic E-state index is 5.11. The molecule has 0 saturated heterocycles. The molecule has 150 valence electrons. The maximum Gasteiger partial charge on any atom is 0.0788 e. The van der Waals surface area contributed by atoms with Crippen molar-refractivity contribution in [3.63, 3.8) is 0 Å². The molecule has 6 aromatic rings. The molecule has 0 bridgehead atoms. The van der Waals surface area contributed by atoms with Crippen LogP contribution >= 0.6 is 0 Å². The number of fused-ring (bicyclic) bond motifs is 2. The quantitative estimate of drug-likeness (QED) is 0.299. The number of rotatable bonds is 3. The number of hydrogen-bond donors (Lipinski definition) is 0. The van der Waals surface area contributed by atoms with Crippen LogP contribution in [0.3, 0.4) is 0 Å². The summed E-state index contributed by atoms with van der Waals surface area (Å²) in [7, 11) is 0. The van der Waals surface area contributed by atoms with Crippen LogP contribution in [0.4, 0.5) is 0 Å². The SMILES string of the molecule is c1ccc(-c2cc(-c3cc4ccccc4nc3-c3ccccc3)c3ccccc3n2)cc1. The van der Waals surface area contributed by atoms with Gasteiger partial charge in [-0.3, -0.25) is 0 Å². The largest absolute Gasteiger partial charge is 0.248 e. The zero-order chi connectivity index (χ0) is 21.3. The summed E-state index contributed by atoms with van der Waals surface area (Å²) in [4.78, 5) is 10.1. The smallest absolute Gasteiger partial charge is 0.0788 e. The summed E-state index contributed by atoms with van der Waals surface area (Å²) in [6, 6.07) is 41.9. The van der Waals surface area contributed by atoms with Crippen molar-refractivity contribution in [2.45, 2.75) is 0 Å². The van der Waals surface area contributed by atoms with E-state index in [-0.39, 0.29) is 0 Å². The van der Waals surface area contributed by atoms with Crippen molar-refractivity contribution in [1.29, 1.82) is 0 Å². The molecule has 4 aromatic carbocycles. The third-order valence-electron chi connectivity index (χ3n) is 5.85. The molecule has 0 aliphatic heterocycles. The summed E-state index contributed by atoms with van der Waals surface area (Å²) in [6.07, 6.45) is 0. The van der Waals surface area contributed by atoms with E-state index >= 15 is 0 Å². The van der Waals surface area contributed by atoms with Gasteiger partial charge < -0.3 is 0 Å². The van der Waals surface area contributed by atoms with Gasteiger partial charge in [0.25, 0.3) is 0 Å². The summed E-state index contributed by atoms with van der Waals surface area (Å²) in [5.41, 5.74) is 8.40. The lowest BCUT2D eigenvalue weighted by molar-refractivity contribution is 1.38. The van der Waals surface area contributed by atoms with Gasteiger partial charge in [0.2, 0.25) is 0 Å². The number of benzene rings is 4. The summed E-state index contributed by atoms with van der Waals surface area (Å²) >= 11 is 0. The van der Waals surface area contributed by atoms with E-state index in [4.69, 9.17) is 9.97 Å². The van der Waals surface area contributed by atoms with Crippen LogP contribution in [0.25, 0.3) is 55.4 Å². The van der Waals surface area contributed by atoms with E-state index < -0.39 is 0 Å². The third kappa shape index (κ3) is 3.23. The van der Waals surface area contributed by atoms with E-state index in [2.05, 4.69) is 97.1 Å². The van der Waals surface area contributed by atoms with E-state index in [9.17, 15) is 0 Å². The van der Waals surface area contributed by atoms with Crippen molar-refractivity contribution >= 4 is 21.8 Å². The molecule has 0 fully saturated rings. The van der Waals surface area contributed by atoms with Gasteiger partial charge in [-0.25, -0.2) is 9.97 Å². The second-order valence-corrected chi connectivity index (χ2v) is 7.88. The van der Waals surface area contributed by atoms with Gasteiger partial charge in [-0.05, 0) is 29.8 Å². The van der Waals surface area contributed by atoms with Gasteiger partial charge in [-0.1, -0.05) is 97.1 Å². The van der Waals surface area contributed by atoms with Crippen LogP contribution in [-0.2, 0) is 0 Å². The fourth-order valence-electron chi connectivity index (χ4n) is 4.29. The Morgan fingerprint density at radius 3 is 1.84 bits per heavy atom. The van der Waals surface area contributed by atoms with Gasteiger partial charge in [0.15, 0.2) is 0 Å². The Labute approximate surface area is 186 Å².